The van der Waals surface area contributed by atoms with Crippen LogP contribution in [0.5, 0.6) is 0 Å². The number of hydrogen-bond acceptors (Lipinski definition) is 16. The monoisotopic (exact) mass is 643 g/mol. The van der Waals surface area contributed by atoms with Crippen LogP contribution in [0.3, 0.4) is 0 Å². The largest absolute Gasteiger partial charge is 0.394 e. The van der Waals surface area contributed by atoms with Crippen LogP contribution >= 0.6 is 18.8 Å². The average Bonchev–Trinajstić information content (AvgIpc) is 3.71. The number of aromatic nitrogens is 9. The Morgan fingerprint density at radius 2 is 2.02 bits per heavy atom. The first-order valence-electron chi connectivity index (χ1n) is 12.7. The van der Waals surface area contributed by atoms with E-state index in [1.807, 2.05) is 0 Å². The summed E-state index contributed by atoms with van der Waals surface area (Å²) in [5, 5.41) is 28.5. The lowest BCUT2D eigenvalue weighted by atomic mass is 9.98. The van der Waals surface area contributed by atoms with E-state index in [1.54, 1.807) is 0 Å². The van der Waals surface area contributed by atoms with Crippen LogP contribution in [-0.4, -0.2) is 111 Å². The molecule has 0 aliphatic carbocycles. The van der Waals surface area contributed by atoms with E-state index in [1.165, 1.54) is 31.3 Å². The lowest BCUT2D eigenvalue weighted by molar-refractivity contribution is -0.111. The van der Waals surface area contributed by atoms with E-state index in [-0.39, 0.29) is 22.9 Å². The van der Waals surface area contributed by atoms with Gasteiger partial charge >= 0.3 is 0 Å². The highest BCUT2D eigenvalue weighted by molar-refractivity contribution is 8.46. The van der Waals surface area contributed by atoms with Crippen molar-refractivity contribution in [1.82, 2.24) is 44.5 Å². The number of hydrogen-bond donors (Lipinski definition) is 6. The van der Waals surface area contributed by atoms with E-state index in [0.717, 1.165) is 4.68 Å². The van der Waals surface area contributed by atoms with E-state index in [9.17, 15) is 19.6 Å². The molecule has 43 heavy (non-hydrogen) atoms. The lowest BCUT2D eigenvalue weighted by Gasteiger charge is -2.31. The van der Waals surface area contributed by atoms with Gasteiger partial charge in [0.05, 0.1) is 19.5 Å². The Hall–Kier alpha value is -3.30. The van der Waals surface area contributed by atoms with Gasteiger partial charge in [0, 0.05) is 7.11 Å². The number of alkyl halides is 1. The molecule has 0 aromatic carbocycles. The summed E-state index contributed by atoms with van der Waals surface area (Å²) in [6, 6.07) is 0. The number of aromatic amines is 1. The Morgan fingerprint density at radius 1 is 1.26 bits per heavy atom. The van der Waals surface area contributed by atoms with Gasteiger partial charge in [-0.25, -0.2) is 19.3 Å². The highest BCUT2D eigenvalue weighted by Gasteiger charge is 2.58. The number of H-pyrrole nitrogens is 1. The maximum Gasteiger partial charge on any atom is 0.282 e. The van der Waals surface area contributed by atoms with Gasteiger partial charge in [-0.1, -0.05) is 17.5 Å². The first-order chi connectivity index (χ1) is 20.4. The van der Waals surface area contributed by atoms with Gasteiger partial charge in [-0.05, 0) is 6.92 Å². The number of fused-ring (bicyclic) bond motifs is 2. The van der Waals surface area contributed by atoms with Crippen molar-refractivity contribution < 1.29 is 37.9 Å². The van der Waals surface area contributed by atoms with Crippen molar-refractivity contribution in [3.05, 3.63) is 23.0 Å². The number of halogens is 1. The second kappa shape index (κ2) is 10.7. The third kappa shape index (κ3) is 4.75. The summed E-state index contributed by atoms with van der Waals surface area (Å²) >= 11 is 4.22. The molecule has 3 unspecified atom stereocenters. The summed E-state index contributed by atoms with van der Waals surface area (Å²) < 4.78 is 55.1. The van der Waals surface area contributed by atoms with Crippen LogP contribution in [0, 0.1) is 0 Å². The maximum absolute atomic E-state index is 15.7. The molecule has 0 amide bonds. The molecular formula is C21H27FN11O8PS. The van der Waals surface area contributed by atoms with E-state index in [4.69, 9.17) is 30.2 Å². The Kier molecular flexibility index (Phi) is 7.40. The minimum absolute atomic E-state index is 0.135. The van der Waals surface area contributed by atoms with Crippen LogP contribution in [0.15, 0.2) is 17.4 Å². The molecule has 6 rings (SSSR count). The summed E-state index contributed by atoms with van der Waals surface area (Å²) in [6.45, 7) is -4.22. The number of rotatable bonds is 8. The molecule has 6 heterocycles. The number of nitrogen functional groups attached to an aromatic ring is 2. The van der Waals surface area contributed by atoms with Crippen molar-refractivity contribution in [2.24, 2.45) is 0 Å². The normalized spacial score (nSPS) is 32.6. The van der Waals surface area contributed by atoms with Gasteiger partial charge in [-0.3, -0.25) is 18.9 Å². The van der Waals surface area contributed by atoms with E-state index in [2.05, 4.69) is 47.5 Å². The van der Waals surface area contributed by atoms with Crippen molar-refractivity contribution >= 4 is 52.9 Å². The Morgan fingerprint density at radius 3 is 2.74 bits per heavy atom. The van der Waals surface area contributed by atoms with Crippen molar-refractivity contribution in [2.75, 3.05) is 31.8 Å². The average molecular weight is 644 g/mol. The molecule has 2 aliphatic rings. The molecular weight excluding hydrogens is 616 g/mol. The lowest BCUT2D eigenvalue weighted by Crippen LogP contribution is -2.45. The predicted molar refractivity (Wildman–Crippen MR) is 148 cm³/mol. The van der Waals surface area contributed by atoms with Crippen LogP contribution in [0.25, 0.3) is 22.3 Å². The van der Waals surface area contributed by atoms with E-state index < -0.39 is 73.5 Å². The number of anilines is 2. The Labute approximate surface area is 245 Å². The Balaban J connectivity index is 1.29. The van der Waals surface area contributed by atoms with Gasteiger partial charge in [-0.15, -0.1) is 5.10 Å². The van der Waals surface area contributed by atoms with Crippen LogP contribution < -0.4 is 17.0 Å². The second-order valence-corrected chi connectivity index (χ2v) is 13.9. The van der Waals surface area contributed by atoms with Gasteiger partial charge in [0.1, 0.15) is 47.6 Å². The second-order valence-electron chi connectivity index (χ2n) is 10.2. The molecule has 2 aliphatic heterocycles. The SMILES string of the molecule is CO[C@H]1[C@@H](n2cnc3c(N)ncnc32)O[C@](C)(COP(=O)(S)[C@H]2C(n3nnc4c(=O)[nH]c(N)nc43)OC(CO)[C@@H]2F)[C@H]1O. The molecule has 9 atom stereocenters. The third-order valence-electron chi connectivity index (χ3n) is 7.52. The molecule has 232 valence electrons. The zero-order chi connectivity index (χ0) is 30.8. The van der Waals surface area contributed by atoms with Gasteiger partial charge in [0.2, 0.25) is 5.95 Å². The minimum Gasteiger partial charge on any atom is -0.394 e. The van der Waals surface area contributed by atoms with Crippen molar-refractivity contribution in [2.45, 2.75) is 55.1 Å². The third-order valence-corrected chi connectivity index (χ3v) is 10.5. The number of imidazole rings is 1. The molecule has 0 saturated carbocycles. The number of ether oxygens (including phenoxy) is 3. The summed E-state index contributed by atoms with van der Waals surface area (Å²) in [7, 11) is 1.36. The number of methoxy groups -OCH3 is 1. The molecule has 7 N–H and O–H groups in total. The molecule has 2 fully saturated rings. The van der Waals surface area contributed by atoms with E-state index in [0.29, 0.717) is 11.2 Å². The highest BCUT2D eigenvalue weighted by Crippen LogP contribution is 2.64. The van der Waals surface area contributed by atoms with Gasteiger partial charge in [-0.2, -0.15) is 9.67 Å². The highest BCUT2D eigenvalue weighted by atomic mass is 32.7. The first-order valence-corrected chi connectivity index (χ1v) is 15.5. The van der Waals surface area contributed by atoms with Crippen molar-refractivity contribution in [1.29, 1.82) is 0 Å². The fourth-order valence-electron chi connectivity index (χ4n) is 5.29. The Bertz CT molecular complexity index is 1790. The molecule has 0 radical (unpaired) electrons. The first kappa shape index (κ1) is 29.8. The smallest absolute Gasteiger partial charge is 0.282 e. The summed E-state index contributed by atoms with van der Waals surface area (Å²) in [6.07, 6.45) is -5.73. The van der Waals surface area contributed by atoms with E-state index >= 15 is 4.39 Å². The number of nitrogens with one attached hydrogen (secondary N) is 1. The molecule has 2 saturated heterocycles. The van der Waals surface area contributed by atoms with Crippen LogP contribution in [0.2, 0.25) is 0 Å². The number of aliphatic hydroxyl groups is 2. The minimum atomic E-state index is -4.36. The molecule has 22 heteroatoms. The molecule has 0 bridgehead atoms. The van der Waals surface area contributed by atoms with Crippen LogP contribution in [0.4, 0.5) is 16.2 Å². The molecule has 4 aromatic rings. The van der Waals surface area contributed by atoms with Crippen molar-refractivity contribution in [3.8, 4) is 0 Å². The van der Waals surface area contributed by atoms with Gasteiger partial charge < -0.3 is 40.4 Å². The molecule has 19 nitrogen and oxygen atoms in total. The van der Waals surface area contributed by atoms with Crippen molar-refractivity contribution in [3.63, 3.8) is 0 Å². The standard InChI is InChI=1S/C21H27FN11O8PS/c1-21(13(35)11(38-2)18(41-21)32-6-27-9-14(23)25-5-26-15(9)32)4-39-42(37,43)12-8(22)7(3-34)40-19(12)33-16-10(30-31-33)17(36)29-20(24)28-16/h5-8,11-13,18-19,34-35H,3-4H2,1-2H3,(H,37,43)(H2,23,25,26)(H3,24,28,29,36)/t7?,8-,11+,12+,13-,18-,19?,21+,42?/m0/s1. The summed E-state index contributed by atoms with van der Waals surface area (Å²) in [5.41, 5.74) is 7.79. The zero-order valence-corrected chi connectivity index (χ0v) is 24.2. The quantitative estimate of drug-likeness (QED) is 0.0984. The number of aliphatic hydroxyl groups excluding tert-OH is 2. The van der Waals surface area contributed by atoms with Gasteiger partial charge in [0.15, 0.2) is 35.1 Å². The topological polar surface area (TPSA) is 267 Å². The molecule has 4 aromatic heterocycles. The summed E-state index contributed by atoms with van der Waals surface area (Å²) in [5.74, 6) is -0.143. The summed E-state index contributed by atoms with van der Waals surface area (Å²) in [4.78, 5) is 30.8. The number of nitrogens with two attached hydrogens (primary N) is 2. The maximum atomic E-state index is 15.7. The number of thiol groups is 1. The number of nitrogens with zero attached hydrogens (tertiary/aromatic N) is 8. The predicted octanol–water partition coefficient (Wildman–Crippen LogP) is -1.08. The fraction of sp³-hybridized carbons (Fsp3) is 0.571. The fourth-order valence-corrected chi connectivity index (χ4v) is 7.87. The van der Waals surface area contributed by atoms with Crippen LogP contribution in [-0.2, 0) is 23.3 Å². The molecule has 0 spiro atoms. The van der Waals surface area contributed by atoms with Gasteiger partial charge in [0.25, 0.3) is 12.1 Å². The zero-order valence-electron chi connectivity index (χ0n) is 22.5. The van der Waals surface area contributed by atoms with Crippen LogP contribution in [0.1, 0.15) is 19.4 Å².